The van der Waals surface area contributed by atoms with Crippen LogP contribution in [0.2, 0.25) is 0 Å². The number of carbonyl (C=O) groups is 1. The van der Waals surface area contributed by atoms with Crippen LogP contribution in [0.4, 0.5) is 0 Å². The van der Waals surface area contributed by atoms with E-state index in [2.05, 4.69) is 4.98 Å². The van der Waals surface area contributed by atoms with Crippen LogP contribution < -0.4 is 0 Å². The van der Waals surface area contributed by atoms with Gasteiger partial charge in [-0.05, 0) is 18.1 Å². The number of nitrogens with zero attached hydrogens (tertiary/aromatic N) is 2. The molecule has 1 aromatic heterocycles. The highest BCUT2D eigenvalue weighted by molar-refractivity contribution is 7.09. The van der Waals surface area contributed by atoms with Crippen LogP contribution in [0, 0.1) is 6.92 Å². The molecule has 1 heterocycles. The molecule has 0 saturated carbocycles. The Balaban J connectivity index is 1.98. The highest BCUT2D eigenvalue weighted by Crippen LogP contribution is 2.11. The van der Waals surface area contributed by atoms with Crippen molar-refractivity contribution in [2.75, 3.05) is 7.05 Å². The van der Waals surface area contributed by atoms with Crippen molar-refractivity contribution in [2.45, 2.75) is 19.9 Å². The fourth-order valence-corrected chi connectivity index (χ4v) is 2.40. The maximum Gasteiger partial charge on any atom is 0.227 e. The first kappa shape index (κ1) is 12.8. The van der Waals surface area contributed by atoms with Gasteiger partial charge in [-0.1, -0.05) is 24.3 Å². The molecule has 2 aromatic rings. The van der Waals surface area contributed by atoms with E-state index in [1.54, 1.807) is 22.4 Å². The van der Waals surface area contributed by atoms with Gasteiger partial charge in [0.2, 0.25) is 5.91 Å². The van der Waals surface area contributed by atoms with Crippen molar-refractivity contribution in [3.8, 4) is 0 Å². The summed E-state index contributed by atoms with van der Waals surface area (Å²) in [4.78, 5) is 18.0. The highest BCUT2D eigenvalue weighted by atomic mass is 32.1. The summed E-state index contributed by atoms with van der Waals surface area (Å²) in [5, 5.41) is 2.89. The number of hydrogen-bond donors (Lipinski definition) is 0. The summed E-state index contributed by atoms with van der Waals surface area (Å²) in [6, 6.07) is 7.99. The standard InChI is InChI=1S/C14H16N2OS/c1-11-5-3-4-6-12(11)9-14(17)16(2)10-13-15-7-8-18-13/h3-8H,9-10H2,1-2H3. The monoisotopic (exact) mass is 260 g/mol. The number of thiazole rings is 1. The third-order valence-corrected chi connectivity index (χ3v) is 3.65. The Bertz CT molecular complexity index is 522. The third kappa shape index (κ3) is 3.17. The summed E-state index contributed by atoms with van der Waals surface area (Å²) < 4.78 is 0. The minimum Gasteiger partial charge on any atom is -0.339 e. The summed E-state index contributed by atoms with van der Waals surface area (Å²) in [7, 11) is 1.82. The first-order valence-corrected chi connectivity index (χ1v) is 6.71. The second kappa shape index (κ2) is 5.78. The van der Waals surface area contributed by atoms with Crippen LogP contribution in [0.15, 0.2) is 35.8 Å². The topological polar surface area (TPSA) is 33.2 Å². The van der Waals surface area contributed by atoms with Crippen LogP contribution in [-0.2, 0) is 17.8 Å². The predicted octanol–water partition coefficient (Wildman–Crippen LogP) is 2.65. The minimum absolute atomic E-state index is 0.125. The lowest BCUT2D eigenvalue weighted by Gasteiger charge is -2.16. The Labute approximate surface area is 111 Å². The fraction of sp³-hybridized carbons (Fsp3) is 0.286. The summed E-state index contributed by atoms with van der Waals surface area (Å²) >= 11 is 1.57. The van der Waals surface area contributed by atoms with Gasteiger partial charge in [0, 0.05) is 18.6 Å². The average molecular weight is 260 g/mol. The smallest absolute Gasteiger partial charge is 0.227 e. The Morgan fingerprint density at radius 3 is 2.83 bits per heavy atom. The molecule has 0 saturated heterocycles. The lowest BCUT2D eigenvalue weighted by atomic mass is 10.1. The molecular weight excluding hydrogens is 244 g/mol. The summed E-state index contributed by atoms with van der Waals surface area (Å²) in [5.41, 5.74) is 2.25. The van der Waals surface area contributed by atoms with Crippen molar-refractivity contribution in [1.29, 1.82) is 0 Å². The van der Waals surface area contributed by atoms with Gasteiger partial charge in [0.05, 0.1) is 13.0 Å². The molecule has 0 N–H and O–H groups in total. The van der Waals surface area contributed by atoms with E-state index in [1.165, 1.54) is 0 Å². The van der Waals surface area contributed by atoms with Crippen LogP contribution >= 0.6 is 11.3 Å². The van der Waals surface area contributed by atoms with Gasteiger partial charge in [0.25, 0.3) is 0 Å². The second-order valence-corrected chi connectivity index (χ2v) is 5.26. The number of carbonyl (C=O) groups excluding carboxylic acids is 1. The van der Waals surface area contributed by atoms with E-state index in [0.29, 0.717) is 13.0 Å². The van der Waals surface area contributed by atoms with E-state index >= 15 is 0 Å². The van der Waals surface area contributed by atoms with Gasteiger partial charge >= 0.3 is 0 Å². The van der Waals surface area contributed by atoms with Gasteiger partial charge in [-0.2, -0.15) is 0 Å². The molecule has 2 rings (SSSR count). The van der Waals surface area contributed by atoms with Crippen LogP contribution in [0.5, 0.6) is 0 Å². The predicted molar refractivity (Wildman–Crippen MR) is 73.5 cm³/mol. The molecule has 94 valence electrons. The number of benzene rings is 1. The van der Waals surface area contributed by atoms with Gasteiger partial charge in [-0.15, -0.1) is 11.3 Å². The molecule has 0 atom stereocenters. The molecule has 18 heavy (non-hydrogen) atoms. The number of aryl methyl sites for hydroxylation is 1. The van der Waals surface area contributed by atoms with Crippen LogP contribution in [-0.4, -0.2) is 22.8 Å². The normalized spacial score (nSPS) is 10.3. The van der Waals surface area contributed by atoms with Crippen molar-refractivity contribution < 1.29 is 4.79 Å². The van der Waals surface area contributed by atoms with Crippen molar-refractivity contribution >= 4 is 17.2 Å². The van der Waals surface area contributed by atoms with E-state index in [4.69, 9.17) is 0 Å². The zero-order chi connectivity index (χ0) is 13.0. The first-order valence-electron chi connectivity index (χ1n) is 5.83. The molecule has 0 bridgehead atoms. The lowest BCUT2D eigenvalue weighted by molar-refractivity contribution is -0.129. The van der Waals surface area contributed by atoms with E-state index in [9.17, 15) is 4.79 Å². The molecule has 0 aliphatic rings. The minimum atomic E-state index is 0.125. The SMILES string of the molecule is Cc1ccccc1CC(=O)N(C)Cc1nccs1. The summed E-state index contributed by atoms with van der Waals surface area (Å²) in [6.45, 7) is 2.62. The molecule has 4 heteroatoms. The zero-order valence-electron chi connectivity index (χ0n) is 10.6. The maximum atomic E-state index is 12.1. The molecule has 0 radical (unpaired) electrons. The van der Waals surface area contributed by atoms with Gasteiger partial charge in [-0.3, -0.25) is 4.79 Å². The van der Waals surface area contributed by atoms with E-state index < -0.39 is 0 Å². The van der Waals surface area contributed by atoms with Crippen molar-refractivity contribution in [3.05, 3.63) is 52.0 Å². The first-order chi connectivity index (χ1) is 8.66. The van der Waals surface area contributed by atoms with Crippen molar-refractivity contribution in [1.82, 2.24) is 9.88 Å². The Morgan fingerprint density at radius 2 is 2.17 bits per heavy atom. The quantitative estimate of drug-likeness (QED) is 0.846. The molecule has 0 unspecified atom stereocenters. The zero-order valence-corrected chi connectivity index (χ0v) is 11.4. The van der Waals surface area contributed by atoms with Crippen molar-refractivity contribution in [3.63, 3.8) is 0 Å². The average Bonchev–Trinajstić information content (AvgIpc) is 2.84. The maximum absolute atomic E-state index is 12.1. The molecule has 0 aliphatic carbocycles. The number of likely N-dealkylation sites (N-methyl/N-ethyl adjacent to an activating group) is 1. The summed E-state index contributed by atoms with van der Waals surface area (Å²) in [6.07, 6.45) is 2.22. The molecular formula is C14H16N2OS. The number of rotatable bonds is 4. The number of hydrogen-bond acceptors (Lipinski definition) is 3. The highest BCUT2D eigenvalue weighted by Gasteiger charge is 2.12. The second-order valence-electron chi connectivity index (χ2n) is 4.28. The molecule has 0 fully saturated rings. The van der Waals surface area contributed by atoms with E-state index in [0.717, 1.165) is 16.1 Å². The molecule has 0 aliphatic heterocycles. The molecule has 1 aromatic carbocycles. The van der Waals surface area contributed by atoms with Gasteiger partial charge in [-0.25, -0.2) is 4.98 Å². The van der Waals surface area contributed by atoms with Crippen LogP contribution in [0.25, 0.3) is 0 Å². The van der Waals surface area contributed by atoms with Gasteiger partial charge < -0.3 is 4.90 Å². The fourth-order valence-electron chi connectivity index (χ4n) is 1.73. The van der Waals surface area contributed by atoms with Gasteiger partial charge in [0.15, 0.2) is 0 Å². The Morgan fingerprint density at radius 1 is 1.39 bits per heavy atom. The molecule has 3 nitrogen and oxygen atoms in total. The third-order valence-electron chi connectivity index (χ3n) is 2.88. The van der Waals surface area contributed by atoms with Gasteiger partial charge in [0.1, 0.15) is 5.01 Å². The van der Waals surface area contributed by atoms with Crippen molar-refractivity contribution in [2.24, 2.45) is 0 Å². The summed E-state index contributed by atoms with van der Waals surface area (Å²) in [5.74, 6) is 0.125. The van der Waals surface area contributed by atoms with E-state index in [1.807, 2.05) is 43.6 Å². The lowest BCUT2D eigenvalue weighted by Crippen LogP contribution is -2.27. The Kier molecular flexibility index (Phi) is 4.10. The number of aromatic nitrogens is 1. The largest absolute Gasteiger partial charge is 0.339 e. The van der Waals surface area contributed by atoms with E-state index in [-0.39, 0.29) is 5.91 Å². The molecule has 1 amide bonds. The Hall–Kier alpha value is -1.68. The molecule has 0 spiro atoms. The van der Waals surface area contributed by atoms with Crippen LogP contribution in [0.1, 0.15) is 16.1 Å². The number of amides is 1. The van der Waals surface area contributed by atoms with Crippen LogP contribution in [0.3, 0.4) is 0 Å².